The van der Waals surface area contributed by atoms with Crippen molar-refractivity contribution in [2.45, 2.75) is 44.6 Å². The summed E-state index contributed by atoms with van der Waals surface area (Å²) in [6, 6.07) is 9.00. The number of hydrogen-bond acceptors (Lipinski definition) is 2. The van der Waals surface area contributed by atoms with E-state index in [0.29, 0.717) is 6.04 Å². The molecule has 20 heavy (non-hydrogen) atoms. The van der Waals surface area contributed by atoms with Crippen LogP contribution in [0, 0.1) is 0 Å². The van der Waals surface area contributed by atoms with Crippen LogP contribution < -0.4 is 5.32 Å². The maximum Gasteiger partial charge on any atom is 0.0340 e. The SMILES string of the molecule is CNC(CCN1CCCCCCC1)c1ccccc1Br. The maximum atomic E-state index is 3.67. The molecule has 1 atom stereocenters. The van der Waals surface area contributed by atoms with Gasteiger partial charge in [0.2, 0.25) is 0 Å². The highest BCUT2D eigenvalue weighted by Crippen LogP contribution is 2.25. The second-order valence-corrected chi connectivity index (χ2v) is 6.62. The first-order valence-electron chi connectivity index (χ1n) is 7.95. The van der Waals surface area contributed by atoms with E-state index in [0.717, 1.165) is 0 Å². The van der Waals surface area contributed by atoms with Crippen molar-refractivity contribution in [2.75, 3.05) is 26.7 Å². The molecule has 1 unspecified atom stereocenters. The standard InChI is InChI=1S/C17H27BrN2/c1-19-17(15-9-5-6-10-16(15)18)11-14-20-12-7-3-2-4-8-13-20/h5-6,9-10,17,19H,2-4,7-8,11-14H2,1H3. The van der Waals surface area contributed by atoms with Gasteiger partial charge in [0.1, 0.15) is 0 Å². The number of rotatable bonds is 5. The van der Waals surface area contributed by atoms with Gasteiger partial charge >= 0.3 is 0 Å². The third-order valence-corrected chi connectivity index (χ3v) is 5.03. The Hall–Kier alpha value is -0.380. The Balaban J connectivity index is 1.88. The summed E-state index contributed by atoms with van der Waals surface area (Å²) in [5.41, 5.74) is 1.38. The Morgan fingerprint density at radius 1 is 1.10 bits per heavy atom. The second-order valence-electron chi connectivity index (χ2n) is 5.76. The third-order valence-electron chi connectivity index (χ3n) is 4.31. The van der Waals surface area contributed by atoms with Gasteiger partial charge in [-0.15, -0.1) is 0 Å². The van der Waals surface area contributed by atoms with Crippen molar-refractivity contribution < 1.29 is 0 Å². The lowest BCUT2D eigenvalue weighted by molar-refractivity contribution is 0.235. The molecule has 112 valence electrons. The van der Waals surface area contributed by atoms with Crippen LogP contribution in [-0.4, -0.2) is 31.6 Å². The molecule has 1 fully saturated rings. The molecule has 0 bridgehead atoms. The average molecular weight is 339 g/mol. The Morgan fingerprint density at radius 2 is 1.75 bits per heavy atom. The first kappa shape index (κ1) is 16.0. The Morgan fingerprint density at radius 3 is 2.40 bits per heavy atom. The molecule has 2 rings (SSSR count). The molecule has 2 nitrogen and oxygen atoms in total. The molecule has 0 saturated carbocycles. The predicted octanol–water partition coefficient (Wildman–Crippen LogP) is 4.37. The molecule has 0 aromatic heterocycles. The second kappa shape index (κ2) is 8.81. The van der Waals surface area contributed by atoms with E-state index in [1.165, 1.54) is 68.2 Å². The topological polar surface area (TPSA) is 15.3 Å². The van der Waals surface area contributed by atoms with Gasteiger partial charge < -0.3 is 10.2 Å². The van der Waals surface area contributed by atoms with Crippen LogP contribution in [-0.2, 0) is 0 Å². The summed E-state index contributed by atoms with van der Waals surface area (Å²) < 4.78 is 1.21. The lowest BCUT2D eigenvalue weighted by Crippen LogP contribution is -2.31. The summed E-state index contributed by atoms with van der Waals surface area (Å²) in [4.78, 5) is 2.65. The Kier molecular flexibility index (Phi) is 7.05. The fraction of sp³-hybridized carbons (Fsp3) is 0.647. The van der Waals surface area contributed by atoms with Crippen LogP contribution in [0.15, 0.2) is 28.7 Å². The molecule has 0 amide bonds. The van der Waals surface area contributed by atoms with Crippen molar-refractivity contribution in [3.05, 3.63) is 34.3 Å². The van der Waals surface area contributed by atoms with E-state index in [1.807, 2.05) is 0 Å². The van der Waals surface area contributed by atoms with E-state index < -0.39 is 0 Å². The molecular weight excluding hydrogens is 312 g/mol. The van der Waals surface area contributed by atoms with E-state index in [2.05, 4.69) is 57.5 Å². The van der Waals surface area contributed by atoms with Crippen LogP contribution in [0.4, 0.5) is 0 Å². The van der Waals surface area contributed by atoms with Crippen molar-refractivity contribution in [3.63, 3.8) is 0 Å². The highest BCUT2D eigenvalue weighted by molar-refractivity contribution is 9.10. The number of likely N-dealkylation sites (tertiary alicyclic amines) is 1. The van der Waals surface area contributed by atoms with E-state index in [4.69, 9.17) is 0 Å². The maximum absolute atomic E-state index is 3.67. The summed E-state index contributed by atoms with van der Waals surface area (Å²) in [6.07, 6.45) is 8.19. The van der Waals surface area contributed by atoms with Crippen molar-refractivity contribution in [1.82, 2.24) is 10.2 Å². The first-order chi connectivity index (χ1) is 9.81. The number of hydrogen-bond donors (Lipinski definition) is 1. The molecule has 1 aliphatic heterocycles. The summed E-state index contributed by atoms with van der Waals surface area (Å²) in [6.45, 7) is 3.77. The van der Waals surface area contributed by atoms with Gasteiger partial charge in [-0.1, -0.05) is 53.4 Å². The number of nitrogens with one attached hydrogen (secondary N) is 1. The molecule has 1 saturated heterocycles. The molecule has 0 aliphatic carbocycles. The molecule has 3 heteroatoms. The van der Waals surface area contributed by atoms with E-state index in [-0.39, 0.29) is 0 Å². The van der Waals surface area contributed by atoms with Crippen LogP contribution in [0.5, 0.6) is 0 Å². The minimum atomic E-state index is 0.441. The minimum absolute atomic E-state index is 0.441. The number of halogens is 1. The molecule has 1 aromatic carbocycles. The van der Waals surface area contributed by atoms with Gasteiger partial charge in [-0.05, 0) is 57.6 Å². The van der Waals surface area contributed by atoms with Gasteiger partial charge in [-0.25, -0.2) is 0 Å². The molecule has 1 aromatic rings. The lowest BCUT2D eigenvalue weighted by Gasteiger charge is -2.27. The van der Waals surface area contributed by atoms with E-state index >= 15 is 0 Å². The first-order valence-corrected chi connectivity index (χ1v) is 8.74. The predicted molar refractivity (Wildman–Crippen MR) is 90.1 cm³/mol. The van der Waals surface area contributed by atoms with Gasteiger partial charge in [-0.3, -0.25) is 0 Å². The van der Waals surface area contributed by atoms with Crippen molar-refractivity contribution in [2.24, 2.45) is 0 Å². The normalized spacial score (nSPS) is 19.3. The van der Waals surface area contributed by atoms with Crippen molar-refractivity contribution in [3.8, 4) is 0 Å². The molecular formula is C17H27BrN2. The van der Waals surface area contributed by atoms with E-state index in [1.54, 1.807) is 0 Å². The largest absolute Gasteiger partial charge is 0.313 e. The summed E-state index contributed by atoms with van der Waals surface area (Å²) in [7, 11) is 2.07. The van der Waals surface area contributed by atoms with Gasteiger partial charge in [-0.2, -0.15) is 0 Å². The molecule has 1 aliphatic rings. The monoisotopic (exact) mass is 338 g/mol. The number of benzene rings is 1. The Bertz CT molecular complexity index is 386. The van der Waals surface area contributed by atoms with Crippen LogP contribution in [0.3, 0.4) is 0 Å². The van der Waals surface area contributed by atoms with Crippen LogP contribution in [0.2, 0.25) is 0 Å². The molecule has 1 heterocycles. The zero-order valence-electron chi connectivity index (χ0n) is 12.6. The van der Waals surface area contributed by atoms with Gasteiger partial charge in [0.15, 0.2) is 0 Å². The van der Waals surface area contributed by atoms with Crippen LogP contribution in [0.25, 0.3) is 0 Å². The summed E-state index contributed by atoms with van der Waals surface area (Å²) in [5, 5.41) is 3.47. The van der Waals surface area contributed by atoms with Crippen LogP contribution in [0.1, 0.15) is 50.1 Å². The fourth-order valence-corrected chi connectivity index (χ4v) is 3.62. The molecule has 0 spiro atoms. The fourth-order valence-electron chi connectivity index (χ4n) is 3.06. The molecule has 1 N–H and O–H groups in total. The average Bonchev–Trinajstić information content (AvgIpc) is 2.43. The highest BCUT2D eigenvalue weighted by atomic mass is 79.9. The zero-order chi connectivity index (χ0) is 14.2. The summed E-state index contributed by atoms with van der Waals surface area (Å²) >= 11 is 3.67. The lowest BCUT2D eigenvalue weighted by atomic mass is 10.0. The highest BCUT2D eigenvalue weighted by Gasteiger charge is 2.14. The van der Waals surface area contributed by atoms with Crippen LogP contribution >= 0.6 is 15.9 Å². The zero-order valence-corrected chi connectivity index (χ0v) is 14.2. The third kappa shape index (κ3) is 4.87. The van der Waals surface area contributed by atoms with Crippen molar-refractivity contribution in [1.29, 1.82) is 0 Å². The molecule has 0 radical (unpaired) electrons. The smallest absolute Gasteiger partial charge is 0.0340 e. The quantitative estimate of drug-likeness (QED) is 0.857. The van der Waals surface area contributed by atoms with Gasteiger partial charge in [0, 0.05) is 10.5 Å². The van der Waals surface area contributed by atoms with E-state index in [9.17, 15) is 0 Å². The Labute approximate surface area is 132 Å². The number of nitrogens with zero attached hydrogens (tertiary/aromatic N) is 1. The summed E-state index contributed by atoms with van der Waals surface area (Å²) in [5.74, 6) is 0. The minimum Gasteiger partial charge on any atom is -0.313 e. The van der Waals surface area contributed by atoms with Gasteiger partial charge in [0.25, 0.3) is 0 Å². The van der Waals surface area contributed by atoms with Gasteiger partial charge in [0.05, 0.1) is 0 Å². The van der Waals surface area contributed by atoms with Crippen molar-refractivity contribution >= 4 is 15.9 Å².